The summed E-state index contributed by atoms with van der Waals surface area (Å²) in [7, 11) is 1.89. The van der Waals surface area contributed by atoms with Crippen molar-refractivity contribution in [3.63, 3.8) is 0 Å². The number of likely N-dealkylation sites (tertiary alicyclic amines) is 1. The van der Waals surface area contributed by atoms with Crippen molar-refractivity contribution in [2.24, 2.45) is 0 Å². The van der Waals surface area contributed by atoms with Crippen LogP contribution < -0.4 is 0 Å². The topological polar surface area (TPSA) is 43.8 Å². The molecule has 21 heavy (non-hydrogen) atoms. The number of aliphatic hydroxyl groups is 1. The Kier molecular flexibility index (Phi) is 5.37. The summed E-state index contributed by atoms with van der Waals surface area (Å²) in [4.78, 5) is 16.7. The van der Waals surface area contributed by atoms with E-state index in [1.54, 1.807) is 0 Å². The molecular weight excluding hydrogens is 264 g/mol. The normalized spacial score (nSPS) is 17.3. The Balaban J connectivity index is 2.02. The Morgan fingerprint density at radius 2 is 2.19 bits per heavy atom. The number of amides is 1. The fourth-order valence-electron chi connectivity index (χ4n) is 2.88. The van der Waals surface area contributed by atoms with E-state index in [0.29, 0.717) is 0 Å². The summed E-state index contributed by atoms with van der Waals surface area (Å²) in [5.41, 5.74) is 1.86. The minimum absolute atomic E-state index is 0.0817. The zero-order chi connectivity index (χ0) is 15.4. The van der Waals surface area contributed by atoms with Crippen LogP contribution in [0.2, 0.25) is 0 Å². The van der Waals surface area contributed by atoms with E-state index in [1.165, 1.54) is 0 Å². The molecular formula is C17H26N2O2. The molecule has 1 atom stereocenters. The summed E-state index contributed by atoms with van der Waals surface area (Å²) < 4.78 is 0. The molecule has 1 N–H and O–H groups in total. The van der Waals surface area contributed by atoms with Gasteiger partial charge in [0.25, 0.3) is 5.91 Å². The van der Waals surface area contributed by atoms with Crippen LogP contribution in [0.4, 0.5) is 0 Å². The predicted molar refractivity (Wildman–Crippen MR) is 84.4 cm³/mol. The molecule has 4 nitrogen and oxygen atoms in total. The van der Waals surface area contributed by atoms with E-state index in [0.717, 1.165) is 43.6 Å². The smallest absolute Gasteiger partial charge is 0.253 e. The lowest BCUT2D eigenvalue weighted by Crippen LogP contribution is -2.55. The summed E-state index contributed by atoms with van der Waals surface area (Å²) >= 11 is 0. The van der Waals surface area contributed by atoms with Crippen molar-refractivity contribution in [3.8, 4) is 0 Å². The van der Waals surface area contributed by atoms with E-state index < -0.39 is 0 Å². The monoisotopic (exact) mass is 290 g/mol. The van der Waals surface area contributed by atoms with Crippen LogP contribution in [0.25, 0.3) is 0 Å². The van der Waals surface area contributed by atoms with Crippen LogP contribution in [0, 0.1) is 6.92 Å². The molecule has 1 saturated heterocycles. The SMILES string of the molecule is CCCC(CN1CC(O)C1)N(C)C(=O)c1cccc(C)c1. The first kappa shape index (κ1) is 16.0. The maximum atomic E-state index is 12.6. The van der Waals surface area contributed by atoms with Crippen molar-refractivity contribution in [2.75, 3.05) is 26.7 Å². The highest BCUT2D eigenvalue weighted by atomic mass is 16.3. The molecule has 1 fully saturated rings. The van der Waals surface area contributed by atoms with Crippen LogP contribution in [0.5, 0.6) is 0 Å². The first-order valence-electron chi connectivity index (χ1n) is 7.75. The molecule has 0 bridgehead atoms. The molecule has 1 aromatic rings. The number of likely N-dealkylation sites (N-methyl/N-ethyl adjacent to an activating group) is 1. The zero-order valence-electron chi connectivity index (χ0n) is 13.2. The standard InChI is InChI=1S/C17H26N2O2/c1-4-6-15(10-19-11-16(20)12-19)18(3)17(21)14-8-5-7-13(2)9-14/h5,7-9,15-16,20H,4,6,10-12H2,1-3H3. The Morgan fingerprint density at radius 1 is 1.48 bits per heavy atom. The number of aryl methyl sites for hydroxylation is 1. The lowest BCUT2D eigenvalue weighted by molar-refractivity contribution is -0.0113. The highest BCUT2D eigenvalue weighted by Crippen LogP contribution is 2.16. The van der Waals surface area contributed by atoms with Crippen LogP contribution in [-0.4, -0.2) is 59.6 Å². The van der Waals surface area contributed by atoms with Crippen LogP contribution in [-0.2, 0) is 0 Å². The zero-order valence-corrected chi connectivity index (χ0v) is 13.2. The van der Waals surface area contributed by atoms with Gasteiger partial charge >= 0.3 is 0 Å². The molecule has 4 heteroatoms. The van der Waals surface area contributed by atoms with Gasteiger partial charge in [-0.3, -0.25) is 9.69 Å². The van der Waals surface area contributed by atoms with E-state index in [4.69, 9.17) is 0 Å². The summed E-state index contributed by atoms with van der Waals surface area (Å²) in [5, 5.41) is 9.40. The third-order valence-corrected chi connectivity index (χ3v) is 4.16. The average molecular weight is 290 g/mol. The van der Waals surface area contributed by atoms with Gasteiger partial charge in [0.2, 0.25) is 0 Å². The van der Waals surface area contributed by atoms with Gasteiger partial charge in [-0.1, -0.05) is 31.0 Å². The van der Waals surface area contributed by atoms with E-state index in [-0.39, 0.29) is 18.1 Å². The number of β-amino-alcohol motifs (C(OH)–C–C–N with tert-alkyl or cyclic N) is 1. The van der Waals surface area contributed by atoms with Crippen molar-refractivity contribution in [1.82, 2.24) is 9.80 Å². The molecule has 0 aliphatic carbocycles. The second-order valence-corrected chi connectivity index (χ2v) is 6.10. The lowest BCUT2D eigenvalue weighted by Gasteiger charge is -2.40. The summed E-state index contributed by atoms with van der Waals surface area (Å²) in [6.07, 6.45) is 1.85. The van der Waals surface area contributed by atoms with Crippen LogP contribution in [0.15, 0.2) is 24.3 Å². The van der Waals surface area contributed by atoms with Gasteiger partial charge < -0.3 is 10.0 Å². The Bertz CT molecular complexity index is 483. The number of hydrogen-bond acceptors (Lipinski definition) is 3. The van der Waals surface area contributed by atoms with Crippen LogP contribution in [0.1, 0.15) is 35.7 Å². The van der Waals surface area contributed by atoms with E-state index in [2.05, 4.69) is 11.8 Å². The lowest BCUT2D eigenvalue weighted by atomic mass is 10.0. The second kappa shape index (κ2) is 7.05. The maximum Gasteiger partial charge on any atom is 0.253 e. The molecule has 1 heterocycles. The summed E-state index contributed by atoms with van der Waals surface area (Å²) in [5.74, 6) is 0.0817. The van der Waals surface area contributed by atoms with Gasteiger partial charge in [-0.2, -0.15) is 0 Å². The van der Waals surface area contributed by atoms with Gasteiger partial charge in [0.15, 0.2) is 0 Å². The van der Waals surface area contributed by atoms with E-state index in [9.17, 15) is 9.90 Å². The number of carbonyl (C=O) groups is 1. The van der Waals surface area contributed by atoms with Gasteiger partial charge in [0.05, 0.1) is 6.10 Å². The number of benzene rings is 1. The number of aliphatic hydroxyl groups excluding tert-OH is 1. The van der Waals surface area contributed by atoms with Gasteiger partial charge in [0, 0.05) is 38.3 Å². The Labute approximate surface area is 127 Å². The summed E-state index contributed by atoms with van der Waals surface area (Å²) in [6, 6.07) is 7.95. The molecule has 116 valence electrons. The Morgan fingerprint density at radius 3 is 2.76 bits per heavy atom. The third kappa shape index (κ3) is 4.05. The number of rotatable bonds is 6. The molecule has 1 aliphatic rings. The van der Waals surface area contributed by atoms with Crippen molar-refractivity contribution in [2.45, 2.75) is 38.8 Å². The van der Waals surface area contributed by atoms with Gasteiger partial charge in [-0.15, -0.1) is 0 Å². The third-order valence-electron chi connectivity index (χ3n) is 4.16. The number of carbonyl (C=O) groups excluding carboxylic acids is 1. The Hall–Kier alpha value is -1.39. The maximum absolute atomic E-state index is 12.6. The quantitative estimate of drug-likeness (QED) is 0.870. The average Bonchev–Trinajstić information content (AvgIpc) is 2.43. The van der Waals surface area contributed by atoms with Crippen molar-refractivity contribution in [1.29, 1.82) is 0 Å². The molecule has 2 rings (SSSR count). The van der Waals surface area contributed by atoms with Gasteiger partial charge in [-0.05, 0) is 25.5 Å². The minimum Gasteiger partial charge on any atom is -0.390 e. The first-order valence-corrected chi connectivity index (χ1v) is 7.75. The second-order valence-electron chi connectivity index (χ2n) is 6.10. The van der Waals surface area contributed by atoms with Crippen molar-refractivity contribution >= 4 is 5.91 Å². The molecule has 1 unspecified atom stereocenters. The molecule has 0 saturated carbocycles. The fourth-order valence-corrected chi connectivity index (χ4v) is 2.88. The van der Waals surface area contributed by atoms with Crippen molar-refractivity contribution < 1.29 is 9.90 Å². The van der Waals surface area contributed by atoms with E-state index in [1.807, 2.05) is 43.1 Å². The van der Waals surface area contributed by atoms with Crippen molar-refractivity contribution in [3.05, 3.63) is 35.4 Å². The van der Waals surface area contributed by atoms with Gasteiger partial charge in [-0.25, -0.2) is 0 Å². The van der Waals surface area contributed by atoms with Gasteiger partial charge in [0.1, 0.15) is 0 Å². The molecule has 1 amide bonds. The molecule has 1 aliphatic heterocycles. The summed E-state index contributed by atoms with van der Waals surface area (Å²) in [6.45, 7) is 6.45. The number of hydrogen-bond donors (Lipinski definition) is 1. The largest absolute Gasteiger partial charge is 0.390 e. The highest BCUT2D eigenvalue weighted by Gasteiger charge is 2.29. The molecule has 0 aromatic heterocycles. The first-order chi connectivity index (χ1) is 10.0. The number of nitrogens with zero attached hydrogens (tertiary/aromatic N) is 2. The molecule has 0 spiro atoms. The molecule has 0 radical (unpaired) electrons. The minimum atomic E-state index is -0.190. The predicted octanol–water partition coefficient (Wildman–Crippen LogP) is 1.91. The highest BCUT2D eigenvalue weighted by molar-refractivity contribution is 5.94. The fraction of sp³-hybridized carbons (Fsp3) is 0.588. The van der Waals surface area contributed by atoms with Crippen LogP contribution in [0.3, 0.4) is 0 Å². The van der Waals surface area contributed by atoms with E-state index >= 15 is 0 Å². The molecule has 1 aromatic carbocycles. The van der Waals surface area contributed by atoms with Crippen LogP contribution >= 0.6 is 0 Å².